The number of anilines is 1. The molecule has 1 heterocycles. The van der Waals surface area contributed by atoms with E-state index in [1.165, 1.54) is 11.3 Å². The molecular weight excluding hydrogens is 248 g/mol. The maximum Gasteiger partial charge on any atom is 0.239 e. The normalized spacial score (nSPS) is 18.0. The Hall–Kier alpha value is -1.51. The molecule has 1 N–H and O–H groups in total. The summed E-state index contributed by atoms with van der Waals surface area (Å²) in [5.74, 6) is 0.631. The number of carbonyl (C=O) groups excluding carboxylic acids is 1. The summed E-state index contributed by atoms with van der Waals surface area (Å²) in [7, 11) is 0. The van der Waals surface area contributed by atoms with E-state index >= 15 is 0 Å². The maximum atomic E-state index is 12.0. The first-order valence-electron chi connectivity index (χ1n) is 7.47. The van der Waals surface area contributed by atoms with Gasteiger partial charge in [-0.15, -0.1) is 0 Å². The molecule has 0 saturated heterocycles. The average Bonchev–Trinajstić information content (AvgIpc) is 2.65. The fourth-order valence-electron chi connectivity index (χ4n) is 2.68. The lowest BCUT2D eigenvalue weighted by Crippen LogP contribution is -2.37. The molecule has 1 aliphatic rings. The molecule has 0 saturated carbocycles. The summed E-state index contributed by atoms with van der Waals surface area (Å²) < 4.78 is 0. The van der Waals surface area contributed by atoms with Crippen molar-refractivity contribution in [2.24, 2.45) is 5.41 Å². The van der Waals surface area contributed by atoms with Crippen LogP contribution in [0.2, 0.25) is 0 Å². The summed E-state index contributed by atoms with van der Waals surface area (Å²) >= 11 is 0. The van der Waals surface area contributed by atoms with Crippen molar-refractivity contribution in [1.29, 1.82) is 0 Å². The van der Waals surface area contributed by atoms with Crippen molar-refractivity contribution in [2.75, 3.05) is 24.5 Å². The second-order valence-corrected chi connectivity index (χ2v) is 7.00. The van der Waals surface area contributed by atoms with E-state index in [1.807, 2.05) is 6.07 Å². The van der Waals surface area contributed by atoms with Crippen LogP contribution in [-0.2, 0) is 4.79 Å². The summed E-state index contributed by atoms with van der Waals surface area (Å²) in [5, 5.41) is 3.03. The highest BCUT2D eigenvalue weighted by molar-refractivity contribution is 5.82. The molecule has 0 bridgehead atoms. The van der Waals surface area contributed by atoms with Gasteiger partial charge in [0.15, 0.2) is 0 Å². The molecule has 3 nitrogen and oxygen atoms in total. The molecule has 0 radical (unpaired) electrons. The molecular formula is C17H26N2O. The van der Waals surface area contributed by atoms with Gasteiger partial charge in [0.2, 0.25) is 5.91 Å². The molecule has 0 aliphatic carbocycles. The molecule has 1 amide bonds. The summed E-state index contributed by atoms with van der Waals surface area (Å²) in [6.07, 6.45) is 1.01. The Morgan fingerprint density at radius 3 is 2.75 bits per heavy atom. The van der Waals surface area contributed by atoms with Gasteiger partial charge in [0, 0.05) is 24.7 Å². The molecule has 110 valence electrons. The number of benzene rings is 1. The molecule has 1 atom stereocenters. The van der Waals surface area contributed by atoms with E-state index in [0.717, 1.165) is 19.5 Å². The van der Waals surface area contributed by atoms with Gasteiger partial charge in [0.1, 0.15) is 0 Å². The highest BCUT2D eigenvalue weighted by atomic mass is 16.2. The number of fused-ring (bicyclic) bond motifs is 1. The fourth-order valence-corrected chi connectivity index (χ4v) is 2.68. The summed E-state index contributed by atoms with van der Waals surface area (Å²) in [5.41, 5.74) is 2.84. The van der Waals surface area contributed by atoms with E-state index < -0.39 is 0 Å². The van der Waals surface area contributed by atoms with E-state index in [9.17, 15) is 4.79 Å². The smallest absolute Gasteiger partial charge is 0.239 e. The Morgan fingerprint density at radius 2 is 2.05 bits per heavy atom. The third-order valence-electron chi connectivity index (χ3n) is 3.83. The van der Waals surface area contributed by atoms with Crippen LogP contribution in [-0.4, -0.2) is 25.5 Å². The quantitative estimate of drug-likeness (QED) is 0.914. The molecule has 1 aromatic rings. The van der Waals surface area contributed by atoms with Gasteiger partial charge in [0.05, 0.1) is 6.54 Å². The van der Waals surface area contributed by atoms with Crippen LogP contribution in [0.15, 0.2) is 24.3 Å². The van der Waals surface area contributed by atoms with E-state index in [2.05, 4.69) is 56.1 Å². The van der Waals surface area contributed by atoms with Gasteiger partial charge in [-0.05, 0) is 23.5 Å². The van der Waals surface area contributed by atoms with E-state index in [-0.39, 0.29) is 11.3 Å². The molecule has 0 aromatic heterocycles. The Bertz CT molecular complexity index is 476. The summed E-state index contributed by atoms with van der Waals surface area (Å²) in [6, 6.07) is 8.39. The number of para-hydroxylation sites is 1. The second kappa shape index (κ2) is 5.86. The zero-order chi connectivity index (χ0) is 14.8. The van der Waals surface area contributed by atoms with Gasteiger partial charge in [-0.2, -0.15) is 0 Å². The monoisotopic (exact) mass is 274 g/mol. The van der Waals surface area contributed by atoms with Crippen LogP contribution in [0.3, 0.4) is 0 Å². The van der Waals surface area contributed by atoms with Crippen molar-refractivity contribution in [2.45, 2.75) is 40.0 Å². The highest BCUT2D eigenvalue weighted by Gasteiger charge is 2.26. The Balaban J connectivity index is 1.87. The van der Waals surface area contributed by atoms with E-state index in [1.54, 1.807) is 0 Å². The number of amides is 1. The van der Waals surface area contributed by atoms with Crippen LogP contribution in [0.4, 0.5) is 5.69 Å². The predicted octanol–water partition coefficient (Wildman–Crippen LogP) is 3.16. The van der Waals surface area contributed by atoms with Crippen molar-refractivity contribution < 1.29 is 4.79 Å². The van der Waals surface area contributed by atoms with Crippen LogP contribution < -0.4 is 10.2 Å². The van der Waals surface area contributed by atoms with Crippen molar-refractivity contribution in [3.8, 4) is 0 Å². The minimum Gasteiger partial charge on any atom is -0.361 e. The Kier molecular flexibility index (Phi) is 4.36. The van der Waals surface area contributed by atoms with Crippen LogP contribution in [0, 0.1) is 5.41 Å². The first-order valence-corrected chi connectivity index (χ1v) is 7.47. The zero-order valence-electron chi connectivity index (χ0n) is 13.1. The number of hydrogen-bond donors (Lipinski definition) is 1. The second-order valence-electron chi connectivity index (χ2n) is 7.00. The molecule has 1 unspecified atom stereocenters. The lowest BCUT2D eigenvalue weighted by Gasteiger charge is -2.21. The third-order valence-corrected chi connectivity index (χ3v) is 3.83. The number of nitrogens with one attached hydrogen (secondary N) is 1. The first kappa shape index (κ1) is 14.9. The Labute approximate surface area is 122 Å². The first-order chi connectivity index (χ1) is 9.37. The van der Waals surface area contributed by atoms with Gasteiger partial charge in [-0.25, -0.2) is 0 Å². The van der Waals surface area contributed by atoms with Crippen molar-refractivity contribution in [3.63, 3.8) is 0 Å². The fraction of sp³-hybridized carbons (Fsp3) is 0.588. The van der Waals surface area contributed by atoms with Gasteiger partial charge < -0.3 is 10.2 Å². The van der Waals surface area contributed by atoms with E-state index in [4.69, 9.17) is 0 Å². The minimum absolute atomic E-state index is 0.123. The summed E-state index contributed by atoms with van der Waals surface area (Å²) in [4.78, 5) is 14.2. The number of carbonyl (C=O) groups is 1. The van der Waals surface area contributed by atoms with Gasteiger partial charge in [-0.3, -0.25) is 4.79 Å². The lowest BCUT2D eigenvalue weighted by molar-refractivity contribution is -0.119. The third kappa shape index (κ3) is 3.75. The molecule has 1 aliphatic heterocycles. The van der Waals surface area contributed by atoms with Crippen LogP contribution in [0.5, 0.6) is 0 Å². The van der Waals surface area contributed by atoms with Crippen molar-refractivity contribution in [3.05, 3.63) is 29.8 Å². The van der Waals surface area contributed by atoms with Gasteiger partial charge >= 0.3 is 0 Å². The largest absolute Gasteiger partial charge is 0.361 e. The number of rotatable bonds is 4. The SMILES string of the molecule is CC1CN(CC(=O)NCCC(C)(C)C)c2ccccc21. The molecule has 20 heavy (non-hydrogen) atoms. The predicted molar refractivity (Wildman–Crippen MR) is 84.2 cm³/mol. The number of nitrogens with zero attached hydrogens (tertiary/aromatic N) is 1. The van der Waals surface area contributed by atoms with Crippen LogP contribution >= 0.6 is 0 Å². The molecule has 2 rings (SSSR count). The number of hydrogen-bond acceptors (Lipinski definition) is 2. The highest BCUT2D eigenvalue weighted by Crippen LogP contribution is 2.35. The molecule has 3 heteroatoms. The minimum atomic E-state index is 0.123. The average molecular weight is 274 g/mol. The Morgan fingerprint density at radius 1 is 1.35 bits per heavy atom. The zero-order valence-corrected chi connectivity index (χ0v) is 13.1. The standard InChI is InChI=1S/C17H26N2O/c1-13-11-19(15-8-6-5-7-14(13)15)12-16(20)18-10-9-17(2,3)4/h5-8,13H,9-12H2,1-4H3,(H,18,20). The van der Waals surface area contributed by atoms with Gasteiger partial charge in [-0.1, -0.05) is 45.9 Å². The van der Waals surface area contributed by atoms with Crippen molar-refractivity contribution >= 4 is 11.6 Å². The maximum absolute atomic E-state index is 12.0. The topological polar surface area (TPSA) is 32.3 Å². The summed E-state index contributed by atoms with van der Waals surface area (Å²) in [6.45, 7) is 11.0. The van der Waals surface area contributed by atoms with E-state index in [0.29, 0.717) is 12.5 Å². The molecule has 1 aromatic carbocycles. The molecule has 0 spiro atoms. The van der Waals surface area contributed by atoms with Gasteiger partial charge in [0.25, 0.3) is 0 Å². The van der Waals surface area contributed by atoms with Crippen LogP contribution in [0.1, 0.15) is 45.6 Å². The van der Waals surface area contributed by atoms with Crippen molar-refractivity contribution in [1.82, 2.24) is 5.32 Å². The molecule has 0 fully saturated rings. The lowest BCUT2D eigenvalue weighted by atomic mass is 9.92. The van der Waals surface area contributed by atoms with Crippen LogP contribution in [0.25, 0.3) is 0 Å².